The Balaban J connectivity index is 1.94. The second-order valence-corrected chi connectivity index (χ2v) is 5.93. The molecule has 3 rings (SSSR count). The fourth-order valence-corrected chi connectivity index (χ4v) is 4.05. The second-order valence-electron chi connectivity index (χ2n) is 5.12. The molecule has 17 heavy (non-hydrogen) atoms. The molecule has 0 radical (unpaired) electrons. The maximum absolute atomic E-state index is 6.33. The van der Waals surface area contributed by atoms with Crippen molar-refractivity contribution in [1.29, 1.82) is 0 Å². The quantitative estimate of drug-likeness (QED) is 0.716. The average Bonchev–Trinajstić information content (AvgIpc) is 2.73. The molecule has 1 nitrogen and oxygen atoms in total. The first-order valence-corrected chi connectivity index (χ1v) is 7.22. The molecule has 0 saturated carbocycles. The third kappa shape index (κ3) is 2.09. The summed E-state index contributed by atoms with van der Waals surface area (Å²) in [6.45, 7) is 1.21. The van der Waals surface area contributed by atoms with Crippen molar-refractivity contribution in [2.45, 2.75) is 44.2 Å². The predicted octanol–water partition coefficient (Wildman–Crippen LogP) is 4.68. The Labute approximate surface area is 113 Å². The lowest BCUT2D eigenvalue weighted by Crippen LogP contribution is -2.36. The molecule has 1 aromatic carbocycles. The van der Waals surface area contributed by atoms with E-state index in [0.29, 0.717) is 6.04 Å². The molecule has 0 aromatic heterocycles. The highest BCUT2D eigenvalue weighted by Crippen LogP contribution is 2.44. The molecular weight excluding hydrogens is 253 g/mol. The zero-order valence-corrected chi connectivity index (χ0v) is 11.3. The number of fused-ring (bicyclic) bond motifs is 1. The first-order chi connectivity index (χ1) is 8.27. The Morgan fingerprint density at radius 2 is 1.76 bits per heavy atom. The monoisotopic (exact) mass is 269 g/mol. The molecule has 0 spiro atoms. The SMILES string of the molecule is Clc1cccc(Cl)c1[C@H]1CC[C@H]2CCCCN21. The van der Waals surface area contributed by atoms with Gasteiger partial charge >= 0.3 is 0 Å². The maximum Gasteiger partial charge on any atom is 0.0468 e. The van der Waals surface area contributed by atoms with Crippen LogP contribution in [0.15, 0.2) is 18.2 Å². The molecule has 3 heteroatoms. The number of piperidine rings is 1. The summed E-state index contributed by atoms with van der Waals surface area (Å²) in [5, 5.41) is 1.66. The van der Waals surface area contributed by atoms with Gasteiger partial charge in [-0.1, -0.05) is 35.7 Å². The van der Waals surface area contributed by atoms with E-state index in [2.05, 4.69) is 4.90 Å². The summed E-state index contributed by atoms with van der Waals surface area (Å²) in [5.74, 6) is 0. The molecular formula is C14H17Cl2N. The van der Waals surface area contributed by atoms with E-state index in [1.54, 1.807) is 0 Å². The van der Waals surface area contributed by atoms with Gasteiger partial charge in [0.2, 0.25) is 0 Å². The van der Waals surface area contributed by atoms with Crippen LogP contribution >= 0.6 is 23.2 Å². The zero-order valence-electron chi connectivity index (χ0n) is 9.83. The smallest absolute Gasteiger partial charge is 0.0468 e. The van der Waals surface area contributed by atoms with Gasteiger partial charge in [-0.25, -0.2) is 0 Å². The first-order valence-electron chi connectivity index (χ1n) is 6.47. The van der Waals surface area contributed by atoms with Crippen molar-refractivity contribution in [3.05, 3.63) is 33.8 Å². The topological polar surface area (TPSA) is 3.24 Å². The molecule has 1 aromatic rings. The Morgan fingerprint density at radius 3 is 2.53 bits per heavy atom. The van der Waals surface area contributed by atoms with Crippen LogP contribution in [0, 0.1) is 0 Å². The van der Waals surface area contributed by atoms with Crippen LogP contribution in [0.25, 0.3) is 0 Å². The Kier molecular flexibility index (Phi) is 3.34. The van der Waals surface area contributed by atoms with Crippen LogP contribution in [0.1, 0.15) is 43.7 Å². The van der Waals surface area contributed by atoms with Gasteiger partial charge < -0.3 is 0 Å². The van der Waals surface area contributed by atoms with Crippen molar-refractivity contribution in [2.75, 3.05) is 6.54 Å². The summed E-state index contributed by atoms with van der Waals surface area (Å²) >= 11 is 12.7. The maximum atomic E-state index is 6.33. The van der Waals surface area contributed by atoms with Crippen LogP contribution in [-0.4, -0.2) is 17.5 Å². The van der Waals surface area contributed by atoms with Crippen molar-refractivity contribution >= 4 is 23.2 Å². The van der Waals surface area contributed by atoms with E-state index in [4.69, 9.17) is 23.2 Å². The third-order valence-electron chi connectivity index (χ3n) is 4.18. The highest BCUT2D eigenvalue weighted by Gasteiger charge is 2.37. The van der Waals surface area contributed by atoms with E-state index in [1.807, 2.05) is 18.2 Å². The summed E-state index contributed by atoms with van der Waals surface area (Å²) in [6, 6.07) is 7.05. The standard InChI is InChI=1S/C14H17Cl2N/c15-11-5-3-6-12(16)14(11)13-8-7-10-4-1-2-9-17(10)13/h3,5-6,10,13H,1-2,4,7-9H2/t10-,13-/m1/s1. The van der Waals surface area contributed by atoms with Crippen molar-refractivity contribution in [3.63, 3.8) is 0 Å². The lowest BCUT2D eigenvalue weighted by molar-refractivity contribution is 0.150. The van der Waals surface area contributed by atoms with Crippen LogP contribution in [-0.2, 0) is 0 Å². The average molecular weight is 270 g/mol. The van der Waals surface area contributed by atoms with Crippen LogP contribution in [0.4, 0.5) is 0 Å². The molecule has 2 aliphatic rings. The molecule has 0 unspecified atom stereocenters. The Morgan fingerprint density at radius 1 is 1.00 bits per heavy atom. The number of nitrogens with zero attached hydrogens (tertiary/aromatic N) is 1. The minimum Gasteiger partial charge on any atom is -0.293 e. The molecule has 0 amide bonds. The molecule has 2 aliphatic heterocycles. The minimum absolute atomic E-state index is 0.446. The lowest BCUT2D eigenvalue weighted by atomic mass is 10.0. The van der Waals surface area contributed by atoms with Gasteiger partial charge in [-0.3, -0.25) is 4.90 Å². The summed E-state index contributed by atoms with van der Waals surface area (Å²) in [6.07, 6.45) is 6.54. The molecule has 92 valence electrons. The summed E-state index contributed by atoms with van der Waals surface area (Å²) in [4.78, 5) is 2.62. The zero-order chi connectivity index (χ0) is 11.8. The van der Waals surface area contributed by atoms with Crippen molar-refractivity contribution in [1.82, 2.24) is 4.90 Å². The van der Waals surface area contributed by atoms with E-state index >= 15 is 0 Å². The van der Waals surface area contributed by atoms with Gasteiger partial charge in [0.25, 0.3) is 0 Å². The minimum atomic E-state index is 0.446. The van der Waals surface area contributed by atoms with Crippen LogP contribution < -0.4 is 0 Å². The molecule has 2 fully saturated rings. The summed E-state index contributed by atoms with van der Waals surface area (Å²) < 4.78 is 0. The van der Waals surface area contributed by atoms with E-state index < -0.39 is 0 Å². The number of hydrogen-bond donors (Lipinski definition) is 0. The number of rotatable bonds is 1. The van der Waals surface area contributed by atoms with Gasteiger partial charge in [0.15, 0.2) is 0 Å². The fraction of sp³-hybridized carbons (Fsp3) is 0.571. The fourth-order valence-electron chi connectivity index (χ4n) is 3.40. The van der Waals surface area contributed by atoms with E-state index in [9.17, 15) is 0 Å². The lowest BCUT2D eigenvalue weighted by Gasteiger charge is -2.34. The van der Waals surface area contributed by atoms with E-state index in [-0.39, 0.29) is 0 Å². The van der Waals surface area contributed by atoms with Crippen molar-refractivity contribution < 1.29 is 0 Å². The molecule has 2 saturated heterocycles. The molecule has 0 N–H and O–H groups in total. The first kappa shape index (κ1) is 11.8. The normalized spacial score (nSPS) is 29.3. The summed E-state index contributed by atoms with van der Waals surface area (Å²) in [7, 11) is 0. The van der Waals surface area contributed by atoms with Crippen molar-refractivity contribution in [2.24, 2.45) is 0 Å². The highest BCUT2D eigenvalue weighted by atomic mass is 35.5. The van der Waals surface area contributed by atoms with Crippen LogP contribution in [0.2, 0.25) is 10.0 Å². The molecule has 2 heterocycles. The predicted molar refractivity (Wildman–Crippen MR) is 72.8 cm³/mol. The molecule has 0 aliphatic carbocycles. The molecule has 0 bridgehead atoms. The summed E-state index contributed by atoms with van der Waals surface area (Å²) in [5.41, 5.74) is 1.15. The van der Waals surface area contributed by atoms with Gasteiger partial charge in [0.05, 0.1) is 0 Å². The van der Waals surface area contributed by atoms with E-state index in [1.165, 1.54) is 38.6 Å². The van der Waals surface area contributed by atoms with Gasteiger partial charge in [-0.2, -0.15) is 0 Å². The van der Waals surface area contributed by atoms with Crippen LogP contribution in [0.5, 0.6) is 0 Å². The number of benzene rings is 1. The van der Waals surface area contributed by atoms with Crippen molar-refractivity contribution in [3.8, 4) is 0 Å². The third-order valence-corrected chi connectivity index (χ3v) is 4.84. The van der Waals surface area contributed by atoms with Gasteiger partial charge in [0.1, 0.15) is 0 Å². The Bertz CT molecular complexity index is 398. The highest BCUT2D eigenvalue weighted by molar-refractivity contribution is 6.36. The Hall–Kier alpha value is -0.240. The van der Waals surface area contributed by atoms with Gasteiger partial charge in [-0.05, 0) is 44.4 Å². The number of hydrogen-bond acceptors (Lipinski definition) is 1. The molecule has 2 atom stereocenters. The van der Waals surface area contributed by atoms with Gasteiger partial charge in [0, 0.05) is 27.7 Å². The van der Waals surface area contributed by atoms with Crippen LogP contribution in [0.3, 0.4) is 0 Å². The number of halogens is 2. The van der Waals surface area contributed by atoms with E-state index in [0.717, 1.165) is 21.7 Å². The van der Waals surface area contributed by atoms with Gasteiger partial charge in [-0.15, -0.1) is 0 Å². The second kappa shape index (κ2) is 4.79. The largest absolute Gasteiger partial charge is 0.293 e.